The standard InChI is InChI=1S/C22H21F3N4O4S/c1-28-20(31)16-5-3-13(9-17(16)27-21(28)34-2)19(30)29-7-8-32-15(11-29)12-33-18-6-4-14(10-26-18)22(23,24)25/h3-6,9-10,15H,7-8,11-12H2,1-2H3. The molecular formula is C22H21F3N4O4S. The van der Waals surface area contributed by atoms with Crippen LogP contribution in [0, 0.1) is 0 Å². The molecule has 1 aliphatic rings. The lowest BCUT2D eigenvalue weighted by Gasteiger charge is -2.32. The Hall–Kier alpha value is -3.12. The number of alkyl halides is 3. The number of halogens is 3. The van der Waals surface area contributed by atoms with E-state index in [4.69, 9.17) is 9.47 Å². The molecule has 1 atom stereocenters. The number of hydrogen-bond acceptors (Lipinski definition) is 7. The lowest BCUT2D eigenvalue weighted by molar-refractivity contribution is -0.137. The number of morpholine rings is 1. The van der Waals surface area contributed by atoms with Gasteiger partial charge in [0.25, 0.3) is 11.5 Å². The molecule has 0 radical (unpaired) electrons. The van der Waals surface area contributed by atoms with Crippen LogP contribution in [0.15, 0.2) is 46.5 Å². The highest BCUT2D eigenvalue weighted by atomic mass is 32.2. The largest absolute Gasteiger partial charge is 0.475 e. The number of pyridine rings is 1. The van der Waals surface area contributed by atoms with Gasteiger partial charge in [-0.25, -0.2) is 9.97 Å². The molecule has 0 spiro atoms. The molecule has 0 saturated carbocycles. The highest BCUT2D eigenvalue weighted by Gasteiger charge is 2.31. The van der Waals surface area contributed by atoms with Gasteiger partial charge < -0.3 is 14.4 Å². The minimum Gasteiger partial charge on any atom is -0.475 e. The highest BCUT2D eigenvalue weighted by Crippen LogP contribution is 2.29. The molecular weight excluding hydrogens is 473 g/mol. The minimum absolute atomic E-state index is 0.0224. The van der Waals surface area contributed by atoms with E-state index in [1.807, 2.05) is 6.26 Å². The van der Waals surface area contributed by atoms with E-state index < -0.39 is 17.8 Å². The zero-order valence-corrected chi connectivity index (χ0v) is 19.2. The molecule has 12 heteroatoms. The van der Waals surface area contributed by atoms with E-state index in [1.165, 1.54) is 16.3 Å². The summed E-state index contributed by atoms with van der Waals surface area (Å²) in [6.07, 6.45) is -2.42. The second-order valence-corrected chi connectivity index (χ2v) is 8.41. The Morgan fingerprint density at radius 3 is 2.76 bits per heavy atom. The molecule has 1 aromatic carbocycles. The number of ether oxygens (including phenoxy) is 2. The Bertz CT molecular complexity index is 1260. The quantitative estimate of drug-likeness (QED) is 0.398. The van der Waals surface area contributed by atoms with Crippen LogP contribution in [0.2, 0.25) is 0 Å². The van der Waals surface area contributed by atoms with Gasteiger partial charge in [0.1, 0.15) is 12.7 Å². The fourth-order valence-corrected chi connectivity index (χ4v) is 4.11. The predicted molar refractivity (Wildman–Crippen MR) is 119 cm³/mol. The summed E-state index contributed by atoms with van der Waals surface area (Å²) in [6.45, 7) is 0.904. The predicted octanol–water partition coefficient (Wildman–Crippen LogP) is 2.99. The van der Waals surface area contributed by atoms with Crippen LogP contribution in [-0.4, -0.2) is 64.0 Å². The van der Waals surface area contributed by atoms with Gasteiger partial charge in [-0.3, -0.25) is 14.2 Å². The molecule has 180 valence electrons. The van der Waals surface area contributed by atoms with Crippen LogP contribution in [0.4, 0.5) is 13.2 Å². The summed E-state index contributed by atoms with van der Waals surface area (Å²) in [6, 6.07) is 6.83. The Morgan fingerprint density at radius 2 is 2.09 bits per heavy atom. The van der Waals surface area contributed by atoms with Gasteiger partial charge >= 0.3 is 6.18 Å². The topological polar surface area (TPSA) is 86.6 Å². The molecule has 8 nitrogen and oxygen atoms in total. The smallest absolute Gasteiger partial charge is 0.417 e. The highest BCUT2D eigenvalue weighted by molar-refractivity contribution is 7.98. The third-order valence-corrected chi connectivity index (χ3v) is 6.10. The first-order valence-electron chi connectivity index (χ1n) is 10.3. The van der Waals surface area contributed by atoms with E-state index in [0.717, 1.165) is 12.1 Å². The van der Waals surface area contributed by atoms with E-state index in [0.29, 0.717) is 34.4 Å². The maximum atomic E-state index is 13.1. The molecule has 1 unspecified atom stereocenters. The fraction of sp³-hybridized carbons (Fsp3) is 0.364. The Labute approximate surface area is 196 Å². The van der Waals surface area contributed by atoms with Crippen LogP contribution in [0.1, 0.15) is 15.9 Å². The monoisotopic (exact) mass is 494 g/mol. The molecule has 0 N–H and O–H groups in total. The van der Waals surface area contributed by atoms with Gasteiger partial charge in [-0.1, -0.05) is 11.8 Å². The van der Waals surface area contributed by atoms with Crippen LogP contribution in [-0.2, 0) is 18.0 Å². The van der Waals surface area contributed by atoms with Crippen molar-refractivity contribution >= 4 is 28.6 Å². The van der Waals surface area contributed by atoms with E-state index in [9.17, 15) is 22.8 Å². The third-order valence-electron chi connectivity index (χ3n) is 5.37. The summed E-state index contributed by atoms with van der Waals surface area (Å²) in [5.41, 5.74) is -0.210. The van der Waals surface area contributed by atoms with E-state index in [-0.39, 0.29) is 37.1 Å². The summed E-state index contributed by atoms with van der Waals surface area (Å²) in [7, 11) is 1.65. The van der Waals surface area contributed by atoms with Crippen molar-refractivity contribution in [2.45, 2.75) is 17.4 Å². The summed E-state index contributed by atoms with van der Waals surface area (Å²) in [4.78, 5) is 35.4. The van der Waals surface area contributed by atoms with Crippen LogP contribution in [0.25, 0.3) is 10.9 Å². The van der Waals surface area contributed by atoms with E-state index in [1.54, 1.807) is 30.1 Å². The zero-order chi connectivity index (χ0) is 24.5. The van der Waals surface area contributed by atoms with Gasteiger partial charge in [-0.05, 0) is 30.5 Å². The fourth-order valence-electron chi connectivity index (χ4n) is 3.57. The lowest BCUT2D eigenvalue weighted by Crippen LogP contribution is -2.47. The Morgan fingerprint density at radius 1 is 1.29 bits per heavy atom. The lowest BCUT2D eigenvalue weighted by atomic mass is 10.1. The van der Waals surface area contributed by atoms with Gasteiger partial charge in [0, 0.05) is 31.4 Å². The molecule has 1 saturated heterocycles. The third kappa shape index (κ3) is 5.02. The summed E-state index contributed by atoms with van der Waals surface area (Å²) in [5.74, 6) is -0.206. The number of fused-ring (bicyclic) bond motifs is 1. The number of rotatable bonds is 5. The average molecular weight is 494 g/mol. The van der Waals surface area contributed by atoms with Crippen molar-refractivity contribution in [1.29, 1.82) is 0 Å². The number of amides is 1. The maximum Gasteiger partial charge on any atom is 0.417 e. The maximum absolute atomic E-state index is 13.1. The van der Waals surface area contributed by atoms with E-state index >= 15 is 0 Å². The molecule has 34 heavy (non-hydrogen) atoms. The number of carbonyl (C=O) groups excluding carboxylic acids is 1. The van der Waals surface area contributed by atoms with Crippen LogP contribution in [0.5, 0.6) is 5.88 Å². The number of carbonyl (C=O) groups is 1. The average Bonchev–Trinajstić information content (AvgIpc) is 2.84. The van der Waals surface area contributed by atoms with Crippen molar-refractivity contribution in [3.05, 3.63) is 58.0 Å². The normalized spacial score (nSPS) is 16.6. The number of nitrogens with zero attached hydrogens (tertiary/aromatic N) is 4. The van der Waals surface area contributed by atoms with Crippen molar-refractivity contribution in [3.8, 4) is 5.88 Å². The van der Waals surface area contributed by atoms with Crippen LogP contribution < -0.4 is 10.3 Å². The molecule has 3 aromatic rings. The first-order chi connectivity index (χ1) is 16.2. The second-order valence-electron chi connectivity index (χ2n) is 7.63. The van der Waals surface area contributed by atoms with Crippen molar-refractivity contribution < 1.29 is 27.4 Å². The molecule has 1 fully saturated rings. The first kappa shape index (κ1) is 24.0. The number of hydrogen-bond donors (Lipinski definition) is 0. The van der Waals surface area contributed by atoms with Crippen LogP contribution in [0.3, 0.4) is 0 Å². The van der Waals surface area contributed by atoms with Gasteiger partial charge in [0.15, 0.2) is 5.16 Å². The number of benzene rings is 1. The molecule has 1 amide bonds. The Balaban J connectivity index is 1.43. The van der Waals surface area contributed by atoms with E-state index in [2.05, 4.69) is 9.97 Å². The second kappa shape index (κ2) is 9.63. The number of aromatic nitrogens is 3. The summed E-state index contributed by atoms with van der Waals surface area (Å²) in [5, 5.41) is 0.969. The van der Waals surface area contributed by atoms with Crippen molar-refractivity contribution in [1.82, 2.24) is 19.4 Å². The molecule has 0 bridgehead atoms. The van der Waals surface area contributed by atoms with Crippen molar-refractivity contribution in [2.75, 3.05) is 32.6 Å². The molecule has 2 aromatic heterocycles. The summed E-state index contributed by atoms with van der Waals surface area (Å²) >= 11 is 1.34. The van der Waals surface area contributed by atoms with Crippen molar-refractivity contribution in [2.24, 2.45) is 7.05 Å². The van der Waals surface area contributed by atoms with Gasteiger partial charge in [-0.15, -0.1) is 0 Å². The SMILES string of the molecule is CSc1nc2cc(C(=O)N3CCOC(COc4ccc(C(F)(F)F)cn4)C3)ccc2c(=O)n1C. The minimum atomic E-state index is -4.47. The molecule has 3 heterocycles. The molecule has 1 aliphatic heterocycles. The van der Waals surface area contributed by atoms with Gasteiger partial charge in [0.2, 0.25) is 5.88 Å². The Kier molecular flexibility index (Phi) is 6.80. The molecule has 0 aliphatic carbocycles. The number of thioether (sulfide) groups is 1. The van der Waals surface area contributed by atoms with Gasteiger partial charge in [0.05, 0.1) is 29.6 Å². The van der Waals surface area contributed by atoms with Gasteiger partial charge in [-0.2, -0.15) is 13.2 Å². The van der Waals surface area contributed by atoms with Crippen LogP contribution >= 0.6 is 11.8 Å². The zero-order valence-electron chi connectivity index (χ0n) is 18.3. The summed E-state index contributed by atoms with van der Waals surface area (Å²) < 4.78 is 50.5. The molecule has 4 rings (SSSR count). The first-order valence-corrected chi connectivity index (χ1v) is 11.5. The van der Waals surface area contributed by atoms with Crippen molar-refractivity contribution in [3.63, 3.8) is 0 Å².